The van der Waals surface area contributed by atoms with Crippen LogP contribution >= 0.6 is 0 Å². The number of phenols is 1. The first kappa shape index (κ1) is 22.7. The van der Waals surface area contributed by atoms with Crippen molar-refractivity contribution >= 4 is 15.9 Å². The number of carbonyl (C=O) groups excluding carboxylic acids is 1. The van der Waals surface area contributed by atoms with Gasteiger partial charge in [0.05, 0.1) is 27.2 Å². The molecule has 0 spiro atoms. The Morgan fingerprint density at radius 2 is 1.71 bits per heavy atom. The number of rotatable bonds is 8. The number of phenolic OH excluding ortho intramolecular Hbond substituents is 1. The summed E-state index contributed by atoms with van der Waals surface area (Å²) in [5, 5.41) is 9.69. The van der Waals surface area contributed by atoms with Crippen LogP contribution in [0.1, 0.15) is 6.42 Å². The van der Waals surface area contributed by atoms with Crippen molar-refractivity contribution in [3.8, 4) is 23.0 Å². The van der Waals surface area contributed by atoms with E-state index in [0.29, 0.717) is 11.5 Å². The molecule has 0 aromatic heterocycles. The maximum absolute atomic E-state index is 13.1. The van der Waals surface area contributed by atoms with Crippen molar-refractivity contribution in [2.24, 2.45) is 0 Å². The Labute approximate surface area is 181 Å². The average Bonchev–Trinajstić information content (AvgIpc) is 2.79. The highest BCUT2D eigenvalue weighted by Crippen LogP contribution is 2.31. The molecule has 0 saturated carbocycles. The smallest absolute Gasteiger partial charge is 0.247 e. The van der Waals surface area contributed by atoms with Crippen molar-refractivity contribution in [1.82, 2.24) is 9.21 Å². The third-order valence-electron chi connectivity index (χ3n) is 5.02. The molecule has 2 aromatic rings. The van der Waals surface area contributed by atoms with Gasteiger partial charge in [0.25, 0.3) is 0 Å². The zero-order valence-corrected chi connectivity index (χ0v) is 18.3. The van der Waals surface area contributed by atoms with Crippen LogP contribution in [0.2, 0.25) is 0 Å². The minimum absolute atomic E-state index is 0.0155. The summed E-state index contributed by atoms with van der Waals surface area (Å²) in [5.41, 5.74) is 0. The van der Waals surface area contributed by atoms with E-state index >= 15 is 0 Å². The molecule has 0 unspecified atom stereocenters. The molecule has 168 valence electrons. The number of nitrogens with zero attached hydrogens (tertiary/aromatic N) is 2. The van der Waals surface area contributed by atoms with E-state index in [1.54, 1.807) is 35.2 Å². The molecule has 0 aliphatic carbocycles. The second kappa shape index (κ2) is 9.88. The first-order chi connectivity index (χ1) is 14.9. The highest BCUT2D eigenvalue weighted by atomic mass is 32.2. The summed E-state index contributed by atoms with van der Waals surface area (Å²) in [6, 6.07) is 11.2. The van der Waals surface area contributed by atoms with Crippen molar-refractivity contribution in [3.05, 3.63) is 42.5 Å². The number of amides is 1. The lowest BCUT2D eigenvalue weighted by molar-refractivity contribution is -0.132. The Hall–Kier alpha value is -2.98. The lowest BCUT2D eigenvalue weighted by Crippen LogP contribution is -2.50. The number of methoxy groups -OCH3 is 2. The fourth-order valence-electron chi connectivity index (χ4n) is 3.29. The van der Waals surface area contributed by atoms with E-state index in [1.165, 1.54) is 30.7 Å². The second-order valence-corrected chi connectivity index (χ2v) is 8.77. The number of benzene rings is 2. The molecule has 1 saturated heterocycles. The van der Waals surface area contributed by atoms with Crippen LogP contribution in [0.25, 0.3) is 0 Å². The van der Waals surface area contributed by atoms with E-state index in [4.69, 9.17) is 14.2 Å². The highest BCUT2D eigenvalue weighted by Gasteiger charge is 2.32. The number of piperazine rings is 1. The predicted molar refractivity (Wildman–Crippen MR) is 113 cm³/mol. The van der Waals surface area contributed by atoms with Crippen molar-refractivity contribution in [2.45, 2.75) is 11.3 Å². The fraction of sp³-hybridized carbons (Fsp3) is 0.381. The average molecular weight is 451 g/mol. The Morgan fingerprint density at radius 3 is 2.35 bits per heavy atom. The van der Waals surface area contributed by atoms with Crippen LogP contribution < -0.4 is 14.2 Å². The summed E-state index contributed by atoms with van der Waals surface area (Å²) in [6.07, 6.45) is 0.130. The molecular formula is C21H26N2O7S. The third kappa shape index (κ3) is 5.20. The van der Waals surface area contributed by atoms with Crippen molar-refractivity contribution in [3.63, 3.8) is 0 Å². The van der Waals surface area contributed by atoms with E-state index in [1.807, 2.05) is 0 Å². The van der Waals surface area contributed by atoms with Crippen LogP contribution in [0.4, 0.5) is 0 Å². The normalized spacial score (nSPS) is 14.8. The standard InChI is InChI=1S/C21H26N2O7S/c1-28-16-7-8-19(29-2)20(15-16)31(26,27)23-12-10-22(11-13-23)21(25)9-14-30-18-6-4-3-5-17(18)24/h3-8,15,24H,9-14H2,1-2H3. The van der Waals surface area contributed by atoms with Gasteiger partial charge in [-0.1, -0.05) is 12.1 Å². The molecule has 31 heavy (non-hydrogen) atoms. The molecular weight excluding hydrogens is 424 g/mol. The van der Waals surface area contributed by atoms with Crippen molar-refractivity contribution in [2.75, 3.05) is 47.0 Å². The number of sulfonamides is 1. The lowest BCUT2D eigenvalue weighted by atomic mass is 10.3. The first-order valence-corrected chi connectivity index (χ1v) is 11.2. The summed E-state index contributed by atoms with van der Waals surface area (Å²) < 4.78 is 43.4. The van der Waals surface area contributed by atoms with Gasteiger partial charge in [0.2, 0.25) is 15.9 Å². The Morgan fingerprint density at radius 1 is 1.00 bits per heavy atom. The van der Waals surface area contributed by atoms with Crippen molar-refractivity contribution < 1.29 is 32.5 Å². The topological polar surface area (TPSA) is 106 Å². The molecule has 2 aromatic carbocycles. The molecule has 1 aliphatic rings. The quantitative estimate of drug-likeness (QED) is 0.653. The van der Waals surface area contributed by atoms with Gasteiger partial charge in [-0.05, 0) is 24.3 Å². The number of carbonyl (C=O) groups is 1. The lowest BCUT2D eigenvalue weighted by Gasteiger charge is -2.34. The molecule has 1 N–H and O–H groups in total. The zero-order valence-electron chi connectivity index (χ0n) is 17.5. The summed E-state index contributed by atoms with van der Waals surface area (Å²) in [5.74, 6) is 0.852. The molecule has 1 aliphatic heterocycles. The Balaban J connectivity index is 1.57. The second-order valence-electron chi connectivity index (χ2n) is 6.87. The SMILES string of the molecule is COc1ccc(OC)c(S(=O)(=O)N2CCN(C(=O)CCOc3ccccc3O)CC2)c1. The van der Waals surface area contributed by atoms with E-state index in [2.05, 4.69) is 0 Å². The maximum Gasteiger partial charge on any atom is 0.247 e. The van der Waals surface area contributed by atoms with Crippen molar-refractivity contribution in [1.29, 1.82) is 0 Å². The van der Waals surface area contributed by atoms with Gasteiger partial charge < -0.3 is 24.2 Å². The predicted octanol–water partition coefficient (Wildman–Crippen LogP) is 1.71. The molecule has 0 bridgehead atoms. The largest absolute Gasteiger partial charge is 0.504 e. The molecule has 1 fully saturated rings. The van der Waals surface area contributed by atoms with Crippen LogP contribution in [0.5, 0.6) is 23.0 Å². The van der Waals surface area contributed by atoms with Crippen LogP contribution in [-0.4, -0.2) is 75.6 Å². The van der Waals surface area contributed by atoms with Gasteiger partial charge in [-0.2, -0.15) is 4.31 Å². The van der Waals surface area contributed by atoms with Crippen LogP contribution in [0, 0.1) is 0 Å². The fourth-order valence-corrected chi connectivity index (χ4v) is 4.88. The van der Waals surface area contributed by atoms with Gasteiger partial charge >= 0.3 is 0 Å². The van der Waals surface area contributed by atoms with E-state index < -0.39 is 10.0 Å². The monoisotopic (exact) mass is 450 g/mol. The van der Waals surface area contributed by atoms with E-state index in [-0.39, 0.29) is 61.5 Å². The summed E-state index contributed by atoms with van der Waals surface area (Å²) in [4.78, 5) is 14.1. The number of para-hydroxylation sites is 2. The molecule has 1 heterocycles. The van der Waals surface area contributed by atoms with Gasteiger partial charge in [-0.25, -0.2) is 8.42 Å². The molecule has 10 heteroatoms. The third-order valence-corrected chi connectivity index (χ3v) is 6.94. The molecule has 0 radical (unpaired) electrons. The van der Waals surface area contributed by atoms with Crippen LogP contribution in [-0.2, 0) is 14.8 Å². The minimum Gasteiger partial charge on any atom is -0.504 e. The van der Waals surface area contributed by atoms with E-state index in [9.17, 15) is 18.3 Å². The minimum atomic E-state index is -3.81. The van der Waals surface area contributed by atoms with Gasteiger partial charge in [0, 0.05) is 32.2 Å². The number of ether oxygens (including phenoxy) is 3. The van der Waals surface area contributed by atoms with Crippen LogP contribution in [0.3, 0.4) is 0 Å². The summed E-state index contributed by atoms with van der Waals surface area (Å²) in [6.45, 7) is 1.03. The summed E-state index contributed by atoms with van der Waals surface area (Å²) in [7, 11) is -0.931. The zero-order chi connectivity index (χ0) is 22.4. The van der Waals surface area contributed by atoms with Gasteiger partial charge in [-0.15, -0.1) is 0 Å². The van der Waals surface area contributed by atoms with Crippen LogP contribution in [0.15, 0.2) is 47.4 Å². The molecule has 0 atom stereocenters. The maximum atomic E-state index is 13.1. The van der Waals surface area contributed by atoms with Gasteiger partial charge in [-0.3, -0.25) is 4.79 Å². The molecule has 1 amide bonds. The molecule has 3 rings (SSSR count). The van der Waals surface area contributed by atoms with Gasteiger partial charge in [0.15, 0.2) is 11.5 Å². The number of hydrogen-bond donors (Lipinski definition) is 1. The Bertz CT molecular complexity index is 1020. The Kier molecular flexibility index (Phi) is 7.24. The van der Waals surface area contributed by atoms with Gasteiger partial charge in [0.1, 0.15) is 16.4 Å². The molecule has 9 nitrogen and oxygen atoms in total. The first-order valence-electron chi connectivity index (χ1n) is 9.77. The number of aromatic hydroxyl groups is 1. The summed E-state index contributed by atoms with van der Waals surface area (Å²) >= 11 is 0. The highest BCUT2D eigenvalue weighted by molar-refractivity contribution is 7.89. The van der Waals surface area contributed by atoms with E-state index in [0.717, 1.165) is 0 Å². The number of hydrogen-bond acceptors (Lipinski definition) is 7.